The van der Waals surface area contributed by atoms with Gasteiger partial charge >= 0.3 is 0 Å². The minimum Gasteiger partial charge on any atom is -0.494 e. The number of hydrogen-bond acceptors (Lipinski definition) is 2. The summed E-state index contributed by atoms with van der Waals surface area (Å²) in [6.07, 6.45) is 8.29. The Morgan fingerprint density at radius 3 is 2.50 bits per heavy atom. The highest BCUT2D eigenvalue weighted by molar-refractivity contribution is 5.27. The van der Waals surface area contributed by atoms with E-state index >= 15 is 0 Å². The monoisotopic (exact) mass is 273 g/mol. The average molecular weight is 273 g/mol. The molecule has 1 unspecified atom stereocenters. The highest BCUT2D eigenvalue weighted by Gasteiger charge is 2.03. The number of terminal acetylenes is 1. The van der Waals surface area contributed by atoms with Gasteiger partial charge in [-0.2, -0.15) is 0 Å². The van der Waals surface area contributed by atoms with Crippen molar-refractivity contribution in [3.8, 4) is 18.1 Å². The molecule has 0 radical (unpaired) electrons. The molecule has 1 rings (SSSR count). The lowest BCUT2D eigenvalue weighted by molar-refractivity contribution is 0.289. The lowest BCUT2D eigenvalue weighted by atomic mass is 10.1. The molecule has 0 spiro atoms. The van der Waals surface area contributed by atoms with Gasteiger partial charge in [0, 0.05) is 19.0 Å². The van der Waals surface area contributed by atoms with Crippen molar-refractivity contribution in [2.45, 2.75) is 52.6 Å². The predicted octanol–water partition coefficient (Wildman–Crippen LogP) is 4.00. The summed E-state index contributed by atoms with van der Waals surface area (Å²) in [4.78, 5) is 0. The number of nitrogens with one attached hydrogen (secondary N) is 1. The first-order valence-electron chi connectivity index (χ1n) is 7.54. The van der Waals surface area contributed by atoms with Crippen molar-refractivity contribution in [3.05, 3.63) is 29.8 Å². The predicted molar refractivity (Wildman–Crippen MR) is 85.8 cm³/mol. The molecule has 0 aliphatic rings. The summed E-state index contributed by atoms with van der Waals surface area (Å²) in [6.45, 7) is 8.21. The van der Waals surface area contributed by atoms with Crippen molar-refractivity contribution in [3.63, 3.8) is 0 Å². The van der Waals surface area contributed by atoms with Crippen LogP contribution in [0.2, 0.25) is 0 Å². The van der Waals surface area contributed by atoms with E-state index in [9.17, 15) is 0 Å². The maximum Gasteiger partial charge on any atom is 0.119 e. The highest BCUT2D eigenvalue weighted by atomic mass is 16.5. The van der Waals surface area contributed by atoms with Gasteiger partial charge in [0.25, 0.3) is 0 Å². The smallest absolute Gasteiger partial charge is 0.119 e. The van der Waals surface area contributed by atoms with Gasteiger partial charge in [0.15, 0.2) is 0 Å². The molecule has 1 aromatic rings. The Hall–Kier alpha value is -1.46. The molecule has 20 heavy (non-hydrogen) atoms. The van der Waals surface area contributed by atoms with Crippen molar-refractivity contribution >= 4 is 0 Å². The van der Waals surface area contributed by atoms with Crippen LogP contribution in [0.25, 0.3) is 0 Å². The fraction of sp³-hybridized carbons (Fsp3) is 0.556. The van der Waals surface area contributed by atoms with Crippen molar-refractivity contribution in [2.24, 2.45) is 5.92 Å². The second-order valence-corrected chi connectivity index (χ2v) is 5.57. The highest BCUT2D eigenvalue weighted by Crippen LogP contribution is 2.13. The Bertz CT molecular complexity index is 402. The zero-order valence-corrected chi connectivity index (χ0v) is 13.0. The summed E-state index contributed by atoms with van der Waals surface area (Å²) in [5.74, 6) is 4.34. The minimum atomic E-state index is 0.405. The summed E-state index contributed by atoms with van der Waals surface area (Å²) < 4.78 is 5.71. The largest absolute Gasteiger partial charge is 0.494 e. The molecule has 2 heteroatoms. The number of benzene rings is 1. The molecule has 0 aliphatic carbocycles. The maximum atomic E-state index is 5.71. The quantitative estimate of drug-likeness (QED) is 0.687. The second-order valence-electron chi connectivity index (χ2n) is 5.57. The third kappa shape index (κ3) is 6.63. The van der Waals surface area contributed by atoms with E-state index in [0.717, 1.165) is 38.2 Å². The zero-order valence-electron chi connectivity index (χ0n) is 13.0. The van der Waals surface area contributed by atoms with E-state index in [1.165, 1.54) is 5.56 Å². The van der Waals surface area contributed by atoms with Crippen LogP contribution in [0.4, 0.5) is 0 Å². The molecule has 0 aromatic heterocycles. The van der Waals surface area contributed by atoms with Crippen molar-refractivity contribution in [2.75, 3.05) is 6.61 Å². The normalized spacial score (nSPS) is 12.2. The Morgan fingerprint density at radius 1 is 1.25 bits per heavy atom. The summed E-state index contributed by atoms with van der Waals surface area (Å²) >= 11 is 0. The number of hydrogen-bond donors (Lipinski definition) is 1. The van der Waals surface area contributed by atoms with E-state index in [0.29, 0.717) is 12.0 Å². The van der Waals surface area contributed by atoms with Crippen LogP contribution in [0, 0.1) is 18.3 Å². The molecule has 1 N–H and O–H groups in total. The first-order valence-corrected chi connectivity index (χ1v) is 7.54. The van der Waals surface area contributed by atoms with E-state index in [4.69, 9.17) is 11.2 Å². The first kappa shape index (κ1) is 16.6. The molecule has 0 saturated carbocycles. The van der Waals surface area contributed by atoms with Gasteiger partial charge in [-0.1, -0.05) is 32.9 Å². The van der Waals surface area contributed by atoms with Crippen LogP contribution in [-0.2, 0) is 6.54 Å². The molecule has 110 valence electrons. The topological polar surface area (TPSA) is 21.3 Å². The van der Waals surface area contributed by atoms with Gasteiger partial charge in [-0.05, 0) is 36.5 Å². The Balaban J connectivity index is 2.36. The standard InChI is InChI=1S/C18H27NO/c1-5-7-17(6-2)19-14-16-8-10-18(11-9-16)20-13-12-15(3)4/h1,8-11,15,17,19H,6-7,12-14H2,2-4H3. The fourth-order valence-corrected chi connectivity index (χ4v) is 1.88. The van der Waals surface area contributed by atoms with Crippen LogP contribution < -0.4 is 10.1 Å². The lowest BCUT2D eigenvalue weighted by Gasteiger charge is -2.14. The Morgan fingerprint density at radius 2 is 1.95 bits per heavy atom. The second kappa shape index (κ2) is 9.44. The summed E-state index contributed by atoms with van der Waals surface area (Å²) in [5.41, 5.74) is 1.26. The van der Waals surface area contributed by atoms with Crippen LogP contribution in [0.1, 0.15) is 45.6 Å². The van der Waals surface area contributed by atoms with E-state index < -0.39 is 0 Å². The summed E-state index contributed by atoms with van der Waals surface area (Å²) in [5, 5.41) is 3.48. The molecule has 0 bridgehead atoms. The minimum absolute atomic E-state index is 0.405. The SMILES string of the molecule is C#CCC(CC)NCc1ccc(OCCC(C)C)cc1. The molecular formula is C18H27NO. The van der Waals surface area contributed by atoms with Crippen molar-refractivity contribution in [1.82, 2.24) is 5.32 Å². The van der Waals surface area contributed by atoms with Gasteiger partial charge < -0.3 is 10.1 Å². The third-order valence-corrected chi connectivity index (χ3v) is 3.34. The molecule has 1 atom stereocenters. The number of ether oxygens (including phenoxy) is 1. The van der Waals surface area contributed by atoms with Gasteiger partial charge in [0.05, 0.1) is 6.61 Å². The van der Waals surface area contributed by atoms with Crippen LogP contribution in [0.5, 0.6) is 5.75 Å². The lowest BCUT2D eigenvalue weighted by Crippen LogP contribution is -2.27. The molecule has 0 aliphatic heterocycles. The Kier molecular flexibility index (Phi) is 7.84. The molecule has 1 aromatic carbocycles. The van der Waals surface area contributed by atoms with Crippen LogP contribution in [0.15, 0.2) is 24.3 Å². The molecule has 0 heterocycles. The van der Waals surface area contributed by atoms with Gasteiger partial charge in [-0.25, -0.2) is 0 Å². The number of rotatable bonds is 9. The van der Waals surface area contributed by atoms with E-state index in [1.807, 2.05) is 12.1 Å². The van der Waals surface area contributed by atoms with E-state index in [2.05, 4.69) is 44.1 Å². The Labute approximate surface area is 123 Å². The van der Waals surface area contributed by atoms with Crippen LogP contribution in [0.3, 0.4) is 0 Å². The third-order valence-electron chi connectivity index (χ3n) is 3.34. The van der Waals surface area contributed by atoms with E-state index in [1.54, 1.807) is 0 Å². The molecule has 0 fully saturated rings. The summed E-state index contributed by atoms with van der Waals surface area (Å²) in [6, 6.07) is 8.71. The average Bonchev–Trinajstić information content (AvgIpc) is 2.44. The van der Waals surface area contributed by atoms with Gasteiger partial charge in [0.2, 0.25) is 0 Å². The van der Waals surface area contributed by atoms with Gasteiger partial charge in [-0.3, -0.25) is 0 Å². The first-order chi connectivity index (χ1) is 9.65. The molecule has 0 saturated heterocycles. The van der Waals surface area contributed by atoms with Gasteiger partial charge in [-0.15, -0.1) is 12.3 Å². The maximum absolute atomic E-state index is 5.71. The van der Waals surface area contributed by atoms with Crippen LogP contribution >= 0.6 is 0 Å². The summed E-state index contributed by atoms with van der Waals surface area (Å²) in [7, 11) is 0. The fourth-order valence-electron chi connectivity index (χ4n) is 1.88. The van der Waals surface area contributed by atoms with E-state index in [-0.39, 0.29) is 0 Å². The zero-order chi connectivity index (χ0) is 14.8. The van der Waals surface area contributed by atoms with Crippen LogP contribution in [-0.4, -0.2) is 12.6 Å². The van der Waals surface area contributed by atoms with Crippen molar-refractivity contribution < 1.29 is 4.74 Å². The molecule has 0 amide bonds. The van der Waals surface area contributed by atoms with Crippen molar-refractivity contribution in [1.29, 1.82) is 0 Å². The molecular weight excluding hydrogens is 246 g/mol. The van der Waals surface area contributed by atoms with Gasteiger partial charge in [0.1, 0.15) is 5.75 Å². The molecule has 2 nitrogen and oxygen atoms in total.